The van der Waals surface area contributed by atoms with Crippen LogP contribution in [-0.4, -0.2) is 31.1 Å². The lowest BCUT2D eigenvalue weighted by Gasteiger charge is -2.22. The zero-order valence-corrected chi connectivity index (χ0v) is 13.9. The van der Waals surface area contributed by atoms with Gasteiger partial charge in [-0.1, -0.05) is 37.0 Å². The Morgan fingerprint density at radius 1 is 1.25 bits per heavy atom. The summed E-state index contributed by atoms with van der Waals surface area (Å²) in [7, 11) is 0. The SMILES string of the molecule is CCCN(CC)CCNC(C)c1c(Cl)ccc(F)c1Cl. The summed E-state index contributed by atoms with van der Waals surface area (Å²) in [5.41, 5.74) is 0.631. The first kappa shape index (κ1) is 17.7. The molecule has 2 nitrogen and oxygen atoms in total. The lowest BCUT2D eigenvalue weighted by molar-refractivity contribution is 0.284. The molecule has 1 atom stereocenters. The van der Waals surface area contributed by atoms with Crippen LogP contribution in [0.5, 0.6) is 0 Å². The summed E-state index contributed by atoms with van der Waals surface area (Å²) in [6, 6.07) is 2.76. The summed E-state index contributed by atoms with van der Waals surface area (Å²) >= 11 is 12.1. The van der Waals surface area contributed by atoms with E-state index in [9.17, 15) is 4.39 Å². The van der Waals surface area contributed by atoms with Crippen LogP contribution in [0.3, 0.4) is 0 Å². The second-order valence-electron chi connectivity index (χ2n) is 4.87. The van der Waals surface area contributed by atoms with Crippen molar-refractivity contribution in [2.75, 3.05) is 26.2 Å². The topological polar surface area (TPSA) is 15.3 Å². The number of nitrogens with zero attached hydrogens (tertiary/aromatic N) is 1. The van der Waals surface area contributed by atoms with E-state index in [1.54, 1.807) is 6.07 Å². The minimum absolute atomic E-state index is 0.0777. The first-order chi connectivity index (χ1) is 9.51. The van der Waals surface area contributed by atoms with Crippen molar-refractivity contribution in [3.05, 3.63) is 33.6 Å². The molecule has 20 heavy (non-hydrogen) atoms. The van der Waals surface area contributed by atoms with Crippen molar-refractivity contribution in [2.24, 2.45) is 0 Å². The van der Waals surface area contributed by atoms with Crippen LogP contribution in [0.4, 0.5) is 4.39 Å². The predicted molar refractivity (Wildman–Crippen MR) is 85.2 cm³/mol. The third-order valence-corrected chi connectivity index (χ3v) is 4.09. The largest absolute Gasteiger partial charge is 0.309 e. The Balaban J connectivity index is 2.59. The van der Waals surface area contributed by atoms with Gasteiger partial charge < -0.3 is 10.2 Å². The van der Waals surface area contributed by atoms with Gasteiger partial charge in [0.2, 0.25) is 0 Å². The van der Waals surface area contributed by atoms with E-state index >= 15 is 0 Å². The monoisotopic (exact) mass is 320 g/mol. The van der Waals surface area contributed by atoms with E-state index in [0.717, 1.165) is 32.6 Å². The van der Waals surface area contributed by atoms with E-state index in [4.69, 9.17) is 23.2 Å². The summed E-state index contributed by atoms with van der Waals surface area (Å²) in [5, 5.41) is 3.96. The lowest BCUT2D eigenvalue weighted by Crippen LogP contribution is -2.33. The zero-order valence-electron chi connectivity index (χ0n) is 12.3. The van der Waals surface area contributed by atoms with Gasteiger partial charge in [0.1, 0.15) is 5.82 Å². The van der Waals surface area contributed by atoms with Crippen LogP contribution in [-0.2, 0) is 0 Å². The highest BCUT2D eigenvalue weighted by Crippen LogP contribution is 2.32. The fourth-order valence-electron chi connectivity index (χ4n) is 2.23. The van der Waals surface area contributed by atoms with Gasteiger partial charge in [-0.3, -0.25) is 0 Å². The first-order valence-corrected chi connectivity index (χ1v) is 7.85. The average Bonchev–Trinajstić information content (AvgIpc) is 2.42. The van der Waals surface area contributed by atoms with Crippen LogP contribution in [0.25, 0.3) is 0 Å². The van der Waals surface area contributed by atoms with E-state index in [2.05, 4.69) is 24.1 Å². The minimum atomic E-state index is -0.430. The quantitative estimate of drug-likeness (QED) is 0.709. The van der Waals surface area contributed by atoms with Crippen LogP contribution in [0.1, 0.15) is 38.8 Å². The maximum absolute atomic E-state index is 13.5. The molecule has 1 rings (SSSR count). The van der Waals surface area contributed by atoms with Crippen LogP contribution < -0.4 is 5.32 Å². The Hall–Kier alpha value is -0.350. The van der Waals surface area contributed by atoms with E-state index in [0.29, 0.717) is 10.6 Å². The van der Waals surface area contributed by atoms with Crippen molar-refractivity contribution in [1.82, 2.24) is 10.2 Å². The molecule has 0 aliphatic rings. The van der Waals surface area contributed by atoms with E-state index in [1.165, 1.54) is 6.07 Å². The molecular formula is C15H23Cl2FN2. The van der Waals surface area contributed by atoms with Crippen LogP contribution in [0, 0.1) is 5.82 Å². The van der Waals surface area contributed by atoms with Crippen molar-refractivity contribution >= 4 is 23.2 Å². The van der Waals surface area contributed by atoms with E-state index in [1.807, 2.05) is 6.92 Å². The van der Waals surface area contributed by atoms with Crippen molar-refractivity contribution in [3.63, 3.8) is 0 Å². The van der Waals surface area contributed by atoms with Gasteiger partial charge in [-0.2, -0.15) is 0 Å². The van der Waals surface area contributed by atoms with Gasteiger partial charge in [0.25, 0.3) is 0 Å². The molecular weight excluding hydrogens is 298 g/mol. The van der Waals surface area contributed by atoms with Crippen molar-refractivity contribution in [2.45, 2.75) is 33.2 Å². The Kier molecular flexibility index (Phi) is 7.82. The van der Waals surface area contributed by atoms with Crippen LogP contribution in [0.15, 0.2) is 12.1 Å². The Morgan fingerprint density at radius 2 is 1.95 bits per heavy atom. The number of hydrogen-bond acceptors (Lipinski definition) is 2. The standard InChI is InChI=1S/C15H23Cl2FN2/c1-4-9-20(5-2)10-8-19-11(3)14-12(16)6-7-13(18)15(14)17/h6-7,11,19H,4-5,8-10H2,1-3H3. The number of rotatable bonds is 8. The van der Waals surface area contributed by atoms with Gasteiger partial charge in [0.05, 0.1) is 5.02 Å². The summed E-state index contributed by atoms with van der Waals surface area (Å²) in [6.45, 7) is 10.2. The molecule has 0 bridgehead atoms. The molecule has 0 aromatic heterocycles. The molecule has 0 heterocycles. The molecule has 114 valence electrons. The van der Waals surface area contributed by atoms with Gasteiger partial charge in [-0.15, -0.1) is 0 Å². The lowest BCUT2D eigenvalue weighted by atomic mass is 10.1. The second-order valence-corrected chi connectivity index (χ2v) is 5.65. The van der Waals surface area contributed by atoms with Crippen molar-refractivity contribution < 1.29 is 4.39 Å². The number of halogens is 3. The zero-order chi connectivity index (χ0) is 15.1. The number of likely N-dealkylation sites (N-methyl/N-ethyl adjacent to an activating group) is 1. The molecule has 5 heteroatoms. The molecule has 1 aromatic rings. The predicted octanol–water partition coefficient (Wildman–Crippen LogP) is 4.52. The molecule has 0 spiro atoms. The molecule has 1 aromatic carbocycles. The molecule has 0 aliphatic heterocycles. The molecule has 0 radical (unpaired) electrons. The van der Waals surface area contributed by atoms with Crippen LogP contribution >= 0.6 is 23.2 Å². The molecule has 0 fully saturated rings. The van der Waals surface area contributed by atoms with Crippen molar-refractivity contribution in [3.8, 4) is 0 Å². The van der Waals surface area contributed by atoms with E-state index < -0.39 is 5.82 Å². The maximum atomic E-state index is 13.5. The second kappa shape index (κ2) is 8.83. The third kappa shape index (κ3) is 4.88. The molecule has 0 saturated heterocycles. The maximum Gasteiger partial charge on any atom is 0.142 e. The highest BCUT2D eigenvalue weighted by atomic mass is 35.5. The fraction of sp³-hybridized carbons (Fsp3) is 0.600. The molecule has 0 aliphatic carbocycles. The molecule has 0 saturated carbocycles. The molecule has 1 N–H and O–H groups in total. The smallest absolute Gasteiger partial charge is 0.142 e. The van der Waals surface area contributed by atoms with E-state index in [-0.39, 0.29) is 11.1 Å². The summed E-state index contributed by atoms with van der Waals surface area (Å²) < 4.78 is 13.5. The van der Waals surface area contributed by atoms with Gasteiger partial charge in [-0.05, 0) is 38.6 Å². The third-order valence-electron chi connectivity index (χ3n) is 3.38. The highest BCUT2D eigenvalue weighted by Gasteiger charge is 2.16. The summed E-state index contributed by atoms with van der Waals surface area (Å²) in [5.74, 6) is -0.430. The van der Waals surface area contributed by atoms with Gasteiger partial charge in [0.15, 0.2) is 0 Å². The van der Waals surface area contributed by atoms with Crippen molar-refractivity contribution in [1.29, 1.82) is 0 Å². The fourth-order valence-corrected chi connectivity index (χ4v) is 2.92. The Bertz CT molecular complexity index is 427. The number of hydrogen-bond donors (Lipinski definition) is 1. The minimum Gasteiger partial charge on any atom is -0.309 e. The van der Waals surface area contributed by atoms with Gasteiger partial charge in [-0.25, -0.2) is 4.39 Å². The molecule has 0 amide bonds. The first-order valence-electron chi connectivity index (χ1n) is 7.10. The number of nitrogens with one attached hydrogen (secondary N) is 1. The number of benzene rings is 1. The Morgan fingerprint density at radius 3 is 2.55 bits per heavy atom. The average molecular weight is 321 g/mol. The van der Waals surface area contributed by atoms with Gasteiger partial charge in [0, 0.05) is 29.7 Å². The Labute approximate surface area is 131 Å². The molecule has 1 unspecified atom stereocenters. The van der Waals surface area contributed by atoms with Crippen LogP contribution in [0.2, 0.25) is 10.0 Å². The van der Waals surface area contributed by atoms with Gasteiger partial charge >= 0.3 is 0 Å². The normalized spacial score (nSPS) is 12.9. The summed E-state index contributed by atoms with van der Waals surface area (Å²) in [6.07, 6.45) is 1.14. The summed E-state index contributed by atoms with van der Waals surface area (Å²) in [4.78, 5) is 2.37. The highest BCUT2D eigenvalue weighted by molar-refractivity contribution is 6.36.